The van der Waals surface area contributed by atoms with Crippen molar-refractivity contribution in [2.24, 2.45) is 0 Å². The Hall–Kier alpha value is -3.02. The van der Waals surface area contributed by atoms with Gasteiger partial charge >= 0.3 is 12.2 Å². The van der Waals surface area contributed by atoms with Gasteiger partial charge in [-0.05, 0) is 31.0 Å². The first-order chi connectivity index (χ1) is 16.3. The standard InChI is InChI=1S/C22H27F3N6O2S/c1-2-11-26-20(33)28-19(32)14-34-21-30-29-18(31(21)17-9-4-3-5-10-17)13-27-16-8-6-7-15(12-16)22(23,24)25/h2,6-8,12,17,27H,1,3-5,9-11,13-14H2,(H2,26,28,32,33). The lowest BCUT2D eigenvalue weighted by atomic mass is 9.95. The van der Waals surface area contributed by atoms with Crippen LogP contribution >= 0.6 is 11.8 Å². The smallest absolute Gasteiger partial charge is 0.378 e. The number of rotatable bonds is 9. The van der Waals surface area contributed by atoms with Crippen molar-refractivity contribution in [3.8, 4) is 0 Å². The molecule has 1 fully saturated rings. The Bertz CT molecular complexity index is 1000. The summed E-state index contributed by atoms with van der Waals surface area (Å²) in [7, 11) is 0. The van der Waals surface area contributed by atoms with Gasteiger partial charge in [0.15, 0.2) is 11.0 Å². The molecular formula is C22H27F3N6O2S. The Morgan fingerprint density at radius 2 is 1.97 bits per heavy atom. The van der Waals surface area contributed by atoms with Crippen LogP contribution in [0.25, 0.3) is 0 Å². The Kier molecular flexibility index (Phi) is 8.97. The van der Waals surface area contributed by atoms with Crippen LogP contribution < -0.4 is 16.0 Å². The van der Waals surface area contributed by atoms with Gasteiger partial charge in [-0.2, -0.15) is 13.2 Å². The number of benzene rings is 1. The number of imide groups is 1. The molecule has 2 aromatic rings. The van der Waals surface area contributed by atoms with Gasteiger partial charge < -0.3 is 15.2 Å². The molecule has 0 atom stereocenters. The monoisotopic (exact) mass is 496 g/mol. The van der Waals surface area contributed by atoms with Crippen LogP contribution in [0.15, 0.2) is 42.1 Å². The summed E-state index contributed by atoms with van der Waals surface area (Å²) >= 11 is 1.16. The Morgan fingerprint density at radius 3 is 2.68 bits per heavy atom. The highest BCUT2D eigenvalue weighted by atomic mass is 32.2. The van der Waals surface area contributed by atoms with Crippen molar-refractivity contribution in [3.63, 3.8) is 0 Å². The number of carbonyl (C=O) groups excluding carboxylic acids is 2. The van der Waals surface area contributed by atoms with E-state index in [1.165, 1.54) is 12.1 Å². The van der Waals surface area contributed by atoms with Crippen LogP contribution in [0.3, 0.4) is 0 Å². The number of nitrogens with one attached hydrogen (secondary N) is 3. The molecule has 0 radical (unpaired) electrons. The summed E-state index contributed by atoms with van der Waals surface area (Å²) in [5.41, 5.74) is -0.405. The van der Waals surface area contributed by atoms with Crippen molar-refractivity contribution in [1.82, 2.24) is 25.4 Å². The van der Waals surface area contributed by atoms with Crippen LogP contribution in [-0.4, -0.2) is 39.0 Å². The summed E-state index contributed by atoms with van der Waals surface area (Å²) < 4.78 is 41.0. The van der Waals surface area contributed by atoms with E-state index in [1.54, 1.807) is 6.07 Å². The first-order valence-electron chi connectivity index (χ1n) is 10.9. The van der Waals surface area contributed by atoms with Crippen LogP contribution in [0.5, 0.6) is 0 Å². The molecular weight excluding hydrogens is 469 g/mol. The summed E-state index contributed by atoms with van der Waals surface area (Å²) in [6.07, 6.45) is 2.18. The van der Waals surface area contributed by atoms with Crippen LogP contribution in [0.4, 0.5) is 23.7 Å². The van der Waals surface area contributed by atoms with E-state index >= 15 is 0 Å². The zero-order valence-corrected chi connectivity index (χ0v) is 19.3. The van der Waals surface area contributed by atoms with Gasteiger partial charge in [-0.15, -0.1) is 16.8 Å². The molecule has 1 heterocycles. The number of hydrogen-bond donors (Lipinski definition) is 3. The number of hydrogen-bond acceptors (Lipinski definition) is 6. The lowest BCUT2D eigenvalue weighted by Crippen LogP contribution is -2.40. The molecule has 3 N–H and O–H groups in total. The molecule has 3 rings (SSSR count). The minimum atomic E-state index is -4.42. The molecule has 1 saturated carbocycles. The quantitative estimate of drug-likeness (QED) is 0.349. The second kappa shape index (κ2) is 11.9. The normalized spacial score (nSPS) is 14.4. The zero-order chi connectivity index (χ0) is 24.6. The molecule has 184 valence electrons. The average molecular weight is 497 g/mol. The number of carbonyl (C=O) groups is 2. The molecule has 0 unspecified atom stereocenters. The fourth-order valence-corrected chi connectivity index (χ4v) is 4.55. The molecule has 34 heavy (non-hydrogen) atoms. The Balaban J connectivity index is 1.70. The maximum atomic E-state index is 13.0. The summed E-state index contributed by atoms with van der Waals surface area (Å²) in [6, 6.07) is 4.52. The molecule has 1 aromatic heterocycles. The maximum Gasteiger partial charge on any atom is 0.416 e. The van der Waals surface area contributed by atoms with Crippen LogP contribution in [0, 0.1) is 0 Å². The lowest BCUT2D eigenvalue weighted by Gasteiger charge is -2.25. The highest BCUT2D eigenvalue weighted by Crippen LogP contribution is 2.33. The summed E-state index contributed by atoms with van der Waals surface area (Å²) in [4.78, 5) is 23.8. The van der Waals surface area contributed by atoms with Gasteiger partial charge in [0.2, 0.25) is 5.91 Å². The van der Waals surface area contributed by atoms with E-state index in [1.807, 2.05) is 4.57 Å². The largest absolute Gasteiger partial charge is 0.416 e. The minimum Gasteiger partial charge on any atom is -0.378 e. The molecule has 1 aliphatic carbocycles. The highest BCUT2D eigenvalue weighted by molar-refractivity contribution is 7.99. The van der Waals surface area contributed by atoms with Crippen LogP contribution in [0.2, 0.25) is 0 Å². The number of thioether (sulfide) groups is 1. The highest BCUT2D eigenvalue weighted by Gasteiger charge is 2.30. The molecule has 0 aliphatic heterocycles. The van der Waals surface area contributed by atoms with Gasteiger partial charge in [0, 0.05) is 18.3 Å². The van der Waals surface area contributed by atoms with Crippen LogP contribution in [0.1, 0.15) is 49.5 Å². The summed E-state index contributed by atoms with van der Waals surface area (Å²) in [5, 5.41) is 16.7. The van der Waals surface area contributed by atoms with Gasteiger partial charge in [0.05, 0.1) is 17.9 Å². The zero-order valence-electron chi connectivity index (χ0n) is 18.5. The minimum absolute atomic E-state index is 0.0343. The predicted molar refractivity (Wildman–Crippen MR) is 123 cm³/mol. The third-order valence-electron chi connectivity index (χ3n) is 5.31. The third kappa shape index (κ3) is 7.24. The molecule has 8 nitrogen and oxygen atoms in total. The number of alkyl halides is 3. The predicted octanol–water partition coefficient (Wildman–Crippen LogP) is 4.52. The number of amides is 3. The average Bonchev–Trinajstić information content (AvgIpc) is 3.23. The Morgan fingerprint density at radius 1 is 1.21 bits per heavy atom. The van der Waals surface area contributed by atoms with Gasteiger partial charge in [0.1, 0.15) is 0 Å². The van der Waals surface area contributed by atoms with Crippen molar-refractivity contribution < 1.29 is 22.8 Å². The summed E-state index contributed by atoms with van der Waals surface area (Å²) in [5.74, 6) is 0.0669. The van der Waals surface area contributed by atoms with E-state index in [-0.39, 0.29) is 24.9 Å². The van der Waals surface area contributed by atoms with E-state index in [9.17, 15) is 22.8 Å². The van der Waals surface area contributed by atoms with E-state index < -0.39 is 23.7 Å². The molecule has 0 saturated heterocycles. The van der Waals surface area contributed by atoms with Gasteiger partial charge in [-0.3, -0.25) is 10.1 Å². The number of anilines is 1. The molecule has 0 bridgehead atoms. The molecule has 1 aromatic carbocycles. The lowest BCUT2D eigenvalue weighted by molar-refractivity contribution is -0.137. The van der Waals surface area contributed by atoms with E-state index in [0.717, 1.165) is 56.0 Å². The second-order valence-electron chi connectivity index (χ2n) is 7.83. The summed E-state index contributed by atoms with van der Waals surface area (Å²) in [6.45, 7) is 3.91. The Labute approximate surface area is 199 Å². The molecule has 0 spiro atoms. The third-order valence-corrected chi connectivity index (χ3v) is 6.25. The van der Waals surface area contributed by atoms with Crippen molar-refractivity contribution >= 4 is 29.4 Å². The van der Waals surface area contributed by atoms with Gasteiger partial charge in [0.25, 0.3) is 0 Å². The fourth-order valence-electron chi connectivity index (χ4n) is 3.72. The number of halogens is 3. The first kappa shape index (κ1) is 25.6. The number of nitrogens with zero attached hydrogens (tertiary/aromatic N) is 3. The SMILES string of the molecule is C=CCNC(=O)NC(=O)CSc1nnc(CNc2cccc(C(F)(F)F)c2)n1C1CCCCC1. The topological polar surface area (TPSA) is 101 Å². The number of aromatic nitrogens is 3. The number of urea groups is 1. The van der Waals surface area contributed by atoms with E-state index in [4.69, 9.17) is 0 Å². The van der Waals surface area contributed by atoms with Gasteiger partial charge in [-0.1, -0.05) is 43.2 Å². The van der Waals surface area contributed by atoms with Gasteiger partial charge in [-0.25, -0.2) is 4.79 Å². The van der Waals surface area contributed by atoms with Crippen LogP contribution in [-0.2, 0) is 17.5 Å². The van der Waals surface area contributed by atoms with E-state index in [2.05, 4.69) is 32.7 Å². The fraction of sp³-hybridized carbons (Fsp3) is 0.455. The first-order valence-corrected chi connectivity index (χ1v) is 11.9. The van der Waals surface area contributed by atoms with Crippen molar-refractivity contribution in [3.05, 3.63) is 48.3 Å². The van der Waals surface area contributed by atoms with Crippen molar-refractivity contribution in [2.45, 2.75) is 56.0 Å². The van der Waals surface area contributed by atoms with Crippen molar-refractivity contribution in [2.75, 3.05) is 17.6 Å². The van der Waals surface area contributed by atoms with Crippen molar-refractivity contribution in [1.29, 1.82) is 0 Å². The molecule has 1 aliphatic rings. The maximum absolute atomic E-state index is 13.0. The molecule has 12 heteroatoms. The second-order valence-corrected chi connectivity index (χ2v) is 8.77. The molecule has 3 amide bonds. The van der Waals surface area contributed by atoms with E-state index in [0.29, 0.717) is 16.7 Å².